The second-order valence-corrected chi connectivity index (χ2v) is 5.32. The number of anilines is 1. The van der Waals surface area contributed by atoms with Crippen molar-refractivity contribution in [2.45, 2.75) is 5.60 Å². The number of hydrogen-bond acceptors (Lipinski definition) is 6. The number of benzene rings is 1. The van der Waals surface area contributed by atoms with Crippen molar-refractivity contribution in [3.63, 3.8) is 0 Å². The van der Waals surface area contributed by atoms with Gasteiger partial charge in [-0.3, -0.25) is 10.1 Å². The van der Waals surface area contributed by atoms with Crippen LogP contribution < -0.4 is 4.90 Å². The molecule has 8 nitrogen and oxygen atoms in total. The SMILES string of the molecule is Cn1ccnc1C1(O)CN(c2ccc(C#N)cc2[N+](=O)[O-])C1. The van der Waals surface area contributed by atoms with E-state index in [4.69, 9.17) is 5.26 Å². The molecule has 0 aliphatic carbocycles. The number of nitro groups is 1. The molecule has 2 heterocycles. The van der Waals surface area contributed by atoms with E-state index in [0.29, 0.717) is 11.5 Å². The first-order valence-corrected chi connectivity index (χ1v) is 6.58. The molecule has 8 heteroatoms. The molecule has 1 aromatic heterocycles. The van der Waals surface area contributed by atoms with Crippen molar-refractivity contribution in [3.05, 3.63) is 52.1 Å². The average molecular weight is 299 g/mol. The maximum atomic E-state index is 11.2. The van der Waals surface area contributed by atoms with E-state index in [-0.39, 0.29) is 24.3 Å². The molecule has 0 saturated carbocycles. The van der Waals surface area contributed by atoms with E-state index in [1.165, 1.54) is 18.2 Å². The van der Waals surface area contributed by atoms with Gasteiger partial charge in [0.25, 0.3) is 5.69 Å². The molecule has 22 heavy (non-hydrogen) atoms. The Kier molecular flexibility index (Phi) is 3.08. The van der Waals surface area contributed by atoms with Gasteiger partial charge in [-0.25, -0.2) is 4.98 Å². The topological polar surface area (TPSA) is 108 Å². The highest BCUT2D eigenvalue weighted by molar-refractivity contribution is 5.67. The summed E-state index contributed by atoms with van der Waals surface area (Å²) in [5, 5.41) is 30.6. The molecule has 1 N–H and O–H groups in total. The second kappa shape index (κ2) is 4.82. The molecule has 1 fully saturated rings. The lowest BCUT2D eigenvalue weighted by Crippen LogP contribution is -2.60. The zero-order valence-corrected chi connectivity index (χ0v) is 11.8. The highest BCUT2D eigenvalue weighted by Gasteiger charge is 2.47. The van der Waals surface area contributed by atoms with Crippen LogP contribution in [0.5, 0.6) is 0 Å². The van der Waals surface area contributed by atoms with Gasteiger partial charge in [0, 0.05) is 25.5 Å². The predicted molar refractivity (Wildman–Crippen MR) is 77.1 cm³/mol. The minimum absolute atomic E-state index is 0.138. The van der Waals surface area contributed by atoms with Gasteiger partial charge in [0.05, 0.1) is 29.6 Å². The predicted octanol–water partition coefficient (Wildman–Crippen LogP) is 0.908. The van der Waals surface area contributed by atoms with Crippen molar-refractivity contribution in [2.24, 2.45) is 7.05 Å². The molecule has 0 spiro atoms. The molecular weight excluding hydrogens is 286 g/mol. The van der Waals surface area contributed by atoms with Crippen molar-refractivity contribution < 1.29 is 10.0 Å². The lowest BCUT2D eigenvalue weighted by Gasteiger charge is -2.46. The molecule has 3 rings (SSSR count). The molecule has 0 radical (unpaired) electrons. The number of hydrogen-bond donors (Lipinski definition) is 1. The number of aromatic nitrogens is 2. The Labute approximate surface area is 126 Å². The fourth-order valence-electron chi connectivity index (χ4n) is 2.72. The fourth-order valence-corrected chi connectivity index (χ4v) is 2.72. The summed E-state index contributed by atoms with van der Waals surface area (Å²) in [5.41, 5.74) is -0.640. The molecule has 112 valence electrons. The number of aryl methyl sites for hydroxylation is 1. The summed E-state index contributed by atoms with van der Waals surface area (Å²) in [6, 6.07) is 6.19. The Bertz CT molecular complexity index is 786. The zero-order valence-electron chi connectivity index (χ0n) is 11.8. The van der Waals surface area contributed by atoms with E-state index in [0.717, 1.165) is 0 Å². The van der Waals surface area contributed by atoms with E-state index >= 15 is 0 Å². The third-order valence-corrected chi connectivity index (χ3v) is 3.78. The summed E-state index contributed by atoms with van der Waals surface area (Å²) in [7, 11) is 1.78. The lowest BCUT2D eigenvalue weighted by molar-refractivity contribution is -0.384. The van der Waals surface area contributed by atoms with E-state index in [1.54, 1.807) is 28.9 Å². The smallest absolute Gasteiger partial charge is 0.293 e. The maximum absolute atomic E-state index is 11.2. The summed E-state index contributed by atoms with van der Waals surface area (Å²) in [4.78, 5) is 16.5. The van der Waals surface area contributed by atoms with E-state index in [1.807, 2.05) is 6.07 Å². The Morgan fingerprint density at radius 2 is 2.23 bits per heavy atom. The van der Waals surface area contributed by atoms with Crippen molar-refractivity contribution in [1.29, 1.82) is 5.26 Å². The molecule has 1 aliphatic rings. The monoisotopic (exact) mass is 299 g/mol. The highest BCUT2D eigenvalue weighted by Crippen LogP contribution is 2.39. The summed E-state index contributed by atoms with van der Waals surface area (Å²) >= 11 is 0. The summed E-state index contributed by atoms with van der Waals surface area (Å²) < 4.78 is 1.73. The van der Waals surface area contributed by atoms with E-state index in [9.17, 15) is 15.2 Å². The van der Waals surface area contributed by atoms with E-state index < -0.39 is 10.5 Å². The lowest BCUT2D eigenvalue weighted by atomic mass is 9.92. The first-order valence-electron chi connectivity index (χ1n) is 6.58. The first-order chi connectivity index (χ1) is 10.4. The number of aliphatic hydroxyl groups is 1. The van der Waals surface area contributed by atoms with Gasteiger partial charge in [-0.2, -0.15) is 5.26 Å². The van der Waals surface area contributed by atoms with Gasteiger partial charge in [0.2, 0.25) is 0 Å². The Balaban J connectivity index is 1.88. The fraction of sp³-hybridized carbons (Fsp3) is 0.286. The second-order valence-electron chi connectivity index (χ2n) is 5.32. The highest BCUT2D eigenvalue weighted by atomic mass is 16.6. The van der Waals surface area contributed by atoms with E-state index in [2.05, 4.69) is 4.98 Å². The minimum atomic E-state index is -1.12. The van der Waals surface area contributed by atoms with Gasteiger partial charge in [-0.05, 0) is 12.1 Å². The van der Waals surface area contributed by atoms with Crippen molar-refractivity contribution in [2.75, 3.05) is 18.0 Å². The summed E-state index contributed by atoms with van der Waals surface area (Å²) in [6.07, 6.45) is 3.33. The molecule has 0 bridgehead atoms. The quantitative estimate of drug-likeness (QED) is 0.666. The van der Waals surface area contributed by atoms with Crippen molar-refractivity contribution >= 4 is 11.4 Å². The van der Waals surface area contributed by atoms with Crippen molar-refractivity contribution in [1.82, 2.24) is 9.55 Å². The molecule has 1 saturated heterocycles. The standard InChI is InChI=1S/C14H13N5O3/c1-17-5-4-16-13(17)14(20)8-18(9-14)11-3-2-10(7-15)6-12(11)19(21)22/h2-6,20H,8-9H2,1H3. The van der Waals surface area contributed by atoms with Crippen LogP contribution in [-0.2, 0) is 12.6 Å². The van der Waals surface area contributed by atoms with Crippen LogP contribution in [0.25, 0.3) is 0 Å². The number of imidazole rings is 1. The number of nitro benzene ring substituents is 1. The summed E-state index contributed by atoms with van der Waals surface area (Å²) in [6.45, 7) is 0.426. The van der Waals surface area contributed by atoms with Crippen LogP contribution in [0.3, 0.4) is 0 Å². The maximum Gasteiger partial charge on any atom is 0.293 e. The van der Waals surface area contributed by atoms with Crippen LogP contribution in [0.15, 0.2) is 30.6 Å². The van der Waals surface area contributed by atoms with Gasteiger partial charge < -0.3 is 14.6 Å². The van der Waals surface area contributed by atoms with Crippen LogP contribution in [0, 0.1) is 21.4 Å². The Hall–Kier alpha value is -2.92. The number of nitrogens with zero attached hydrogens (tertiary/aromatic N) is 5. The molecular formula is C14H13N5O3. The molecule has 0 amide bonds. The first kappa shape index (κ1) is 14.0. The number of β-amino-alcohol motifs (C(OH)–C–C–N with tert-alkyl or cyclic N) is 1. The van der Waals surface area contributed by atoms with Crippen LogP contribution in [0.2, 0.25) is 0 Å². The average Bonchev–Trinajstić information content (AvgIpc) is 2.90. The van der Waals surface area contributed by atoms with Crippen LogP contribution in [0.1, 0.15) is 11.4 Å². The molecule has 0 unspecified atom stereocenters. The van der Waals surface area contributed by atoms with Crippen molar-refractivity contribution in [3.8, 4) is 6.07 Å². The van der Waals surface area contributed by atoms with Gasteiger partial charge in [-0.1, -0.05) is 0 Å². The van der Waals surface area contributed by atoms with Gasteiger partial charge in [0.15, 0.2) is 5.60 Å². The largest absolute Gasteiger partial charge is 0.378 e. The number of rotatable bonds is 3. The number of nitriles is 1. The normalized spacial score (nSPS) is 16.0. The molecule has 1 aliphatic heterocycles. The zero-order chi connectivity index (χ0) is 15.9. The minimum Gasteiger partial charge on any atom is -0.378 e. The molecule has 0 atom stereocenters. The van der Waals surface area contributed by atoms with Gasteiger partial charge in [-0.15, -0.1) is 0 Å². The van der Waals surface area contributed by atoms with Crippen LogP contribution in [-0.4, -0.2) is 32.7 Å². The van der Waals surface area contributed by atoms with Gasteiger partial charge >= 0.3 is 0 Å². The van der Waals surface area contributed by atoms with Crippen LogP contribution in [0.4, 0.5) is 11.4 Å². The Morgan fingerprint density at radius 3 is 2.77 bits per heavy atom. The summed E-state index contributed by atoms with van der Waals surface area (Å²) in [5.74, 6) is 0.528. The van der Waals surface area contributed by atoms with Gasteiger partial charge in [0.1, 0.15) is 11.5 Å². The third kappa shape index (κ3) is 2.08. The molecule has 2 aromatic rings. The van der Waals surface area contributed by atoms with Crippen LogP contribution >= 0.6 is 0 Å². The molecule has 1 aromatic carbocycles. The Morgan fingerprint density at radius 1 is 1.50 bits per heavy atom. The third-order valence-electron chi connectivity index (χ3n) is 3.78.